The lowest BCUT2D eigenvalue weighted by molar-refractivity contribution is 0.121. The van der Waals surface area contributed by atoms with E-state index in [0.29, 0.717) is 17.4 Å². The molecule has 18 heavy (non-hydrogen) atoms. The van der Waals surface area contributed by atoms with Gasteiger partial charge < -0.3 is 20.3 Å². The van der Waals surface area contributed by atoms with Crippen molar-refractivity contribution in [2.75, 3.05) is 14.2 Å². The van der Waals surface area contributed by atoms with Gasteiger partial charge in [-0.05, 0) is 46.8 Å². The molecule has 1 saturated carbocycles. The fourth-order valence-corrected chi connectivity index (χ4v) is 2.54. The lowest BCUT2D eigenvalue weighted by atomic mass is 9.98. The van der Waals surface area contributed by atoms with Crippen LogP contribution in [0.4, 0.5) is 0 Å². The summed E-state index contributed by atoms with van der Waals surface area (Å²) in [4.78, 5) is 0. The molecule has 1 aliphatic carbocycles. The molecule has 0 saturated heterocycles. The molecule has 0 bridgehead atoms. The zero-order valence-electron chi connectivity index (χ0n) is 10.5. The van der Waals surface area contributed by atoms with Crippen LogP contribution in [0, 0.1) is 5.92 Å². The van der Waals surface area contributed by atoms with Crippen molar-refractivity contribution in [2.24, 2.45) is 11.7 Å². The highest BCUT2D eigenvalue weighted by molar-refractivity contribution is 9.10. The minimum atomic E-state index is -0.523. The molecular weight excluding hydrogens is 298 g/mol. The van der Waals surface area contributed by atoms with E-state index in [1.54, 1.807) is 14.2 Å². The smallest absolute Gasteiger partial charge is 0.133 e. The molecule has 0 aromatic heterocycles. The molecule has 0 radical (unpaired) electrons. The summed E-state index contributed by atoms with van der Waals surface area (Å²) in [5, 5.41) is 10.1. The second-order valence-electron chi connectivity index (χ2n) is 4.58. The van der Waals surface area contributed by atoms with E-state index < -0.39 is 12.1 Å². The van der Waals surface area contributed by atoms with E-state index in [4.69, 9.17) is 15.2 Å². The van der Waals surface area contributed by atoms with Gasteiger partial charge in [-0.15, -0.1) is 0 Å². The number of aliphatic hydroxyl groups excluding tert-OH is 1. The van der Waals surface area contributed by atoms with Crippen molar-refractivity contribution in [3.8, 4) is 11.5 Å². The van der Waals surface area contributed by atoms with Gasteiger partial charge >= 0.3 is 0 Å². The van der Waals surface area contributed by atoms with Crippen LogP contribution in [0.2, 0.25) is 0 Å². The van der Waals surface area contributed by atoms with Gasteiger partial charge in [0.15, 0.2) is 0 Å². The molecule has 0 aliphatic heterocycles. The average Bonchev–Trinajstić information content (AvgIpc) is 3.20. The SMILES string of the molecule is COc1cc([C@H](N)[C@H](O)C2CC2)c(OC)cc1Br. The van der Waals surface area contributed by atoms with Crippen LogP contribution in [-0.4, -0.2) is 25.4 Å². The number of aliphatic hydroxyl groups is 1. The Morgan fingerprint density at radius 2 is 1.89 bits per heavy atom. The van der Waals surface area contributed by atoms with Crippen LogP contribution < -0.4 is 15.2 Å². The molecule has 0 spiro atoms. The Hall–Kier alpha value is -0.780. The third-order valence-electron chi connectivity index (χ3n) is 3.34. The summed E-state index contributed by atoms with van der Waals surface area (Å²) in [6, 6.07) is 3.18. The normalized spacial score (nSPS) is 18.3. The Kier molecular flexibility index (Phi) is 4.14. The van der Waals surface area contributed by atoms with Crippen LogP contribution in [0.25, 0.3) is 0 Å². The molecule has 5 heteroatoms. The first-order valence-corrected chi connectivity index (χ1v) is 6.72. The van der Waals surface area contributed by atoms with Crippen molar-refractivity contribution in [1.29, 1.82) is 0 Å². The van der Waals surface area contributed by atoms with Crippen LogP contribution >= 0.6 is 15.9 Å². The zero-order chi connectivity index (χ0) is 13.3. The number of benzene rings is 1. The molecule has 0 unspecified atom stereocenters. The molecule has 100 valence electrons. The monoisotopic (exact) mass is 315 g/mol. The molecule has 1 aliphatic rings. The van der Waals surface area contributed by atoms with Gasteiger partial charge in [-0.25, -0.2) is 0 Å². The predicted molar refractivity (Wildman–Crippen MR) is 72.9 cm³/mol. The standard InChI is InChI=1S/C13H18BrNO3/c1-17-10-6-9(14)11(18-2)5-8(10)12(15)13(16)7-3-4-7/h5-7,12-13,16H,3-4,15H2,1-2H3/t12-,13+/m0/s1. The molecule has 2 rings (SSSR count). The van der Waals surface area contributed by atoms with E-state index in [1.807, 2.05) is 12.1 Å². The molecule has 4 nitrogen and oxygen atoms in total. The van der Waals surface area contributed by atoms with Gasteiger partial charge in [0.25, 0.3) is 0 Å². The van der Waals surface area contributed by atoms with E-state index in [-0.39, 0.29) is 0 Å². The molecule has 2 atom stereocenters. The summed E-state index contributed by atoms with van der Waals surface area (Å²) < 4.78 is 11.4. The Balaban J connectivity index is 2.34. The lowest BCUT2D eigenvalue weighted by Gasteiger charge is -2.22. The fraction of sp³-hybridized carbons (Fsp3) is 0.538. The summed E-state index contributed by atoms with van der Waals surface area (Å²) >= 11 is 3.40. The van der Waals surface area contributed by atoms with Gasteiger partial charge in [-0.2, -0.15) is 0 Å². The third kappa shape index (κ3) is 2.63. The first-order chi connectivity index (χ1) is 8.58. The molecule has 0 amide bonds. The summed E-state index contributed by atoms with van der Waals surface area (Å²) in [5.41, 5.74) is 6.90. The predicted octanol–water partition coefficient (Wildman–Crippen LogP) is 2.24. The van der Waals surface area contributed by atoms with Gasteiger partial charge in [-0.1, -0.05) is 0 Å². The highest BCUT2D eigenvalue weighted by Gasteiger charge is 2.35. The van der Waals surface area contributed by atoms with Crippen LogP contribution in [0.15, 0.2) is 16.6 Å². The van der Waals surface area contributed by atoms with Crippen LogP contribution in [0.1, 0.15) is 24.4 Å². The van der Waals surface area contributed by atoms with E-state index in [2.05, 4.69) is 15.9 Å². The van der Waals surface area contributed by atoms with Crippen molar-refractivity contribution < 1.29 is 14.6 Å². The molecule has 3 N–H and O–H groups in total. The number of hydrogen-bond acceptors (Lipinski definition) is 4. The van der Waals surface area contributed by atoms with Gasteiger partial charge in [0.05, 0.1) is 30.8 Å². The maximum Gasteiger partial charge on any atom is 0.133 e. The van der Waals surface area contributed by atoms with Crippen LogP contribution in [0.3, 0.4) is 0 Å². The molecular formula is C13H18BrNO3. The number of rotatable bonds is 5. The summed E-state index contributed by atoms with van der Waals surface area (Å²) in [7, 11) is 3.19. The topological polar surface area (TPSA) is 64.7 Å². The van der Waals surface area contributed by atoms with Gasteiger partial charge in [-0.3, -0.25) is 0 Å². The number of methoxy groups -OCH3 is 2. The fourth-order valence-electron chi connectivity index (χ4n) is 2.06. The molecule has 0 heterocycles. The Labute approximate surface area is 115 Å². The number of halogens is 1. The number of ether oxygens (including phenoxy) is 2. The van der Waals surface area contributed by atoms with Crippen molar-refractivity contribution in [1.82, 2.24) is 0 Å². The third-order valence-corrected chi connectivity index (χ3v) is 3.96. The maximum absolute atomic E-state index is 10.1. The summed E-state index contributed by atoms with van der Waals surface area (Å²) in [6.45, 7) is 0. The zero-order valence-corrected chi connectivity index (χ0v) is 12.1. The summed E-state index contributed by atoms with van der Waals surface area (Å²) in [5.74, 6) is 1.67. The van der Waals surface area contributed by atoms with Crippen molar-refractivity contribution >= 4 is 15.9 Å². The van der Waals surface area contributed by atoms with Gasteiger partial charge in [0, 0.05) is 5.56 Å². The van der Waals surface area contributed by atoms with Crippen molar-refractivity contribution in [3.63, 3.8) is 0 Å². The summed E-state index contributed by atoms with van der Waals surface area (Å²) in [6.07, 6.45) is 1.57. The first kappa shape index (κ1) is 13.6. The second kappa shape index (κ2) is 5.47. The Morgan fingerprint density at radius 3 is 2.39 bits per heavy atom. The Morgan fingerprint density at radius 1 is 1.28 bits per heavy atom. The number of nitrogens with two attached hydrogens (primary N) is 1. The van der Waals surface area contributed by atoms with E-state index in [0.717, 1.165) is 22.9 Å². The van der Waals surface area contributed by atoms with Crippen molar-refractivity contribution in [3.05, 3.63) is 22.2 Å². The maximum atomic E-state index is 10.1. The highest BCUT2D eigenvalue weighted by Crippen LogP contribution is 2.41. The quantitative estimate of drug-likeness (QED) is 0.874. The first-order valence-electron chi connectivity index (χ1n) is 5.93. The highest BCUT2D eigenvalue weighted by atomic mass is 79.9. The van der Waals surface area contributed by atoms with E-state index in [1.165, 1.54) is 0 Å². The second-order valence-corrected chi connectivity index (χ2v) is 5.44. The Bertz CT molecular complexity index is 434. The van der Waals surface area contributed by atoms with Crippen LogP contribution in [-0.2, 0) is 0 Å². The number of hydrogen-bond donors (Lipinski definition) is 2. The van der Waals surface area contributed by atoms with Gasteiger partial charge in [0.1, 0.15) is 11.5 Å². The van der Waals surface area contributed by atoms with E-state index in [9.17, 15) is 5.11 Å². The van der Waals surface area contributed by atoms with Crippen molar-refractivity contribution in [2.45, 2.75) is 25.0 Å². The molecule has 1 fully saturated rings. The molecule has 1 aromatic rings. The average molecular weight is 316 g/mol. The largest absolute Gasteiger partial charge is 0.496 e. The van der Waals surface area contributed by atoms with Gasteiger partial charge in [0.2, 0.25) is 0 Å². The van der Waals surface area contributed by atoms with E-state index >= 15 is 0 Å². The van der Waals surface area contributed by atoms with Crippen LogP contribution in [0.5, 0.6) is 11.5 Å². The lowest BCUT2D eigenvalue weighted by Crippen LogP contribution is -2.28. The minimum Gasteiger partial charge on any atom is -0.496 e. The minimum absolute atomic E-state index is 0.319. The molecule has 1 aromatic carbocycles.